The maximum absolute atomic E-state index is 12.0. The highest BCUT2D eigenvalue weighted by atomic mass is 32.2. The van der Waals surface area contributed by atoms with Crippen LogP contribution in [-0.2, 0) is 4.79 Å². The van der Waals surface area contributed by atoms with E-state index < -0.39 is 0 Å². The van der Waals surface area contributed by atoms with Crippen molar-refractivity contribution in [1.29, 1.82) is 0 Å². The number of rotatable bonds is 7. The molecule has 0 unspecified atom stereocenters. The van der Waals surface area contributed by atoms with Gasteiger partial charge in [-0.1, -0.05) is 18.2 Å². The molecule has 0 atom stereocenters. The molecule has 3 aromatic rings. The Balaban J connectivity index is 1.55. The van der Waals surface area contributed by atoms with Crippen LogP contribution in [-0.4, -0.2) is 22.9 Å². The number of hydrogen-bond donors (Lipinski definition) is 1. The van der Waals surface area contributed by atoms with Crippen LogP contribution < -0.4 is 5.32 Å². The van der Waals surface area contributed by atoms with Gasteiger partial charge in [0, 0.05) is 28.7 Å². The van der Waals surface area contributed by atoms with Gasteiger partial charge in [-0.3, -0.25) is 9.59 Å². The van der Waals surface area contributed by atoms with Crippen molar-refractivity contribution in [2.75, 3.05) is 11.6 Å². The second-order valence-corrected chi connectivity index (χ2v) is 7.90. The molecule has 2 aromatic heterocycles. The van der Waals surface area contributed by atoms with Gasteiger partial charge in [-0.15, -0.1) is 34.4 Å². The van der Waals surface area contributed by atoms with Gasteiger partial charge in [0.25, 0.3) is 0 Å². The highest BCUT2D eigenvalue weighted by Crippen LogP contribution is 2.26. The minimum atomic E-state index is -0.191. The molecule has 1 aromatic carbocycles. The van der Waals surface area contributed by atoms with E-state index in [1.807, 2.05) is 47.3 Å². The van der Waals surface area contributed by atoms with Gasteiger partial charge in [0.05, 0.1) is 10.6 Å². The number of nitrogens with one attached hydrogen (secondary N) is 1. The fourth-order valence-corrected chi connectivity index (χ4v) is 4.03. The predicted octanol–water partition coefficient (Wildman–Crippen LogP) is 5.20. The van der Waals surface area contributed by atoms with Crippen molar-refractivity contribution < 1.29 is 9.59 Å². The normalized spacial score (nSPS) is 10.6. The van der Waals surface area contributed by atoms with Gasteiger partial charge in [-0.25, -0.2) is 4.98 Å². The van der Waals surface area contributed by atoms with E-state index in [0.29, 0.717) is 10.0 Å². The molecule has 0 fully saturated rings. The van der Waals surface area contributed by atoms with E-state index in [9.17, 15) is 9.59 Å². The molecule has 0 saturated heterocycles. The largest absolute Gasteiger partial charge is 0.302 e. The lowest BCUT2D eigenvalue weighted by molar-refractivity contribution is -0.116. The molecule has 0 spiro atoms. The van der Waals surface area contributed by atoms with Crippen LogP contribution >= 0.6 is 34.4 Å². The Labute approximate surface area is 158 Å². The van der Waals surface area contributed by atoms with E-state index >= 15 is 0 Å². The van der Waals surface area contributed by atoms with Gasteiger partial charge in [-0.05, 0) is 29.8 Å². The first kappa shape index (κ1) is 17.8. The molecule has 25 heavy (non-hydrogen) atoms. The second kappa shape index (κ2) is 8.42. The number of Topliss-reactive ketones (excluding diaryl/α,β-unsaturated/α-hetero) is 1. The van der Waals surface area contributed by atoms with Crippen LogP contribution in [0.25, 0.3) is 11.3 Å². The van der Waals surface area contributed by atoms with Crippen LogP contribution in [0.3, 0.4) is 0 Å². The van der Waals surface area contributed by atoms with Crippen LogP contribution in [0.15, 0.2) is 52.1 Å². The number of thiophene rings is 1. The lowest BCUT2D eigenvalue weighted by Gasteiger charge is -2.01. The number of ketones is 1. The third-order valence-electron chi connectivity index (χ3n) is 3.51. The summed E-state index contributed by atoms with van der Waals surface area (Å²) >= 11 is 4.47. The van der Waals surface area contributed by atoms with Gasteiger partial charge in [0.2, 0.25) is 5.91 Å². The SMILES string of the molecule is CSc1ccc(-c2csc(NC(=O)CCC(=O)c3cccs3)n2)cc1. The van der Waals surface area contributed by atoms with E-state index in [1.54, 1.807) is 17.8 Å². The van der Waals surface area contributed by atoms with E-state index in [0.717, 1.165) is 11.3 Å². The van der Waals surface area contributed by atoms with Crippen LogP contribution in [0.2, 0.25) is 0 Å². The van der Waals surface area contributed by atoms with Crippen molar-refractivity contribution in [3.63, 3.8) is 0 Å². The van der Waals surface area contributed by atoms with E-state index in [4.69, 9.17) is 0 Å². The quantitative estimate of drug-likeness (QED) is 0.447. The summed E-state index contributed by atoms with van der Waals surface area (Å²) in [6.07, 6.45) is 2.41. The van der Waals surface area contributed by atoms with E-state index in [1.165, 1.54) is 27.6 Å². The summed E-state index contributed by atoms with van der Waals surface area (Å²) in [4.78, 5) is 30.3. The lowest BCUT2D eigenvalue weighted by Crippen LogP contribution is -2.13. The maximum Gasteiger partial charge on any atom is 0.226 e. The van der Waals surface area contributed by atoms with Crippen LogP contribution in [0.1, 0.15) is 22.5 Å². The fraction of sp³-hybridized carbons (Fsp3) is 0.167. The Hall–Kier alpha value is -1.96. The van der Waals surface area contributed by atoms with Crippen molar-refractivity contribution >= 4 is 51.3 Å². The van der Waals surface area contributed by atoms with Crippen LogP contribution in [0.4, 0.5) is 5.13 Å². The summed E-state index contributed by atoms with van der Waals surface area (Å²) in [5.41, 5.74) is 1.85. The second-order valence-electron chi connectivity index (χ2n) is 5.22. The van der Waals surface area contributed by atoms with Crippen molar-refractivity contribution in [2.45, 2.75) is 17.7 Å². The topological polar surface area (TPSA) is 59.1 Å². The van der Waals surface area contributed by atoms with Crippen molar-refractivity contribution in [2.24, 2.45) is 0 Å². The number of hydrogen-bond acceptors (Lipinski definition) is 6. The first-order chi connectivity index (χ1) is 12.2. The number of nitrogens with zero attached hydrogens (tertiary/aromatic N) is 1. The molecule has 1 N–H and O–H groups in total. The number of carbonyl (C=O) groups excluding carboxylic acids is 2. The van der Waals surface area contributed by atoms with E-state index in [2.05, 4.69) is 10.3 Å². The molecule has 128 valence electrons. The third kappa shape index (κ3) is 4.78. The molecule has 7 heteroatoms. The molecule has 1 amide bonds. The van der Waals surface area contributed by atoms with Crippen LogP contribution in [0, 0.1) is 0 Å². The number of thiazole rings is 1. The van der Waals surface area contributed by atoms with Crippen LogP contribution in [0.5, 0.6) is 0 Å². The Morgan fingerprint density at radius 2 is 1.92 bits per heavy atom. The molecule has 0 aliphatic rings. The van der Waals surface area contributed by atoms with E-state index in [-0.39, 0.29) is 24.5 Å². The van der Waals surface area contributed by atoms with Crippen molar-refractivity contribution in [1.82, 2.24) is 4.98 Å². The molecular weight excluding hydrogens is 372 g/mol. The zero-order valence-corrected chi connectivity index (χ0v) is 16.0. The van der Waals surface area contributed by atoms with Gasteiger partial charge in [0.15, 0.2) is 10.9 Å². The Morgan fingerprint density at radius 1 is 1.12 bits per heavy atom. The molecule has 2 heterocycles. The summed E-state index contributed by atoms with van der Waals surface area (Å²) < 4.78 is 0. The number of anilines is 1. The molecule has 0 aliphatic carbocycles. The fourth-order valence-electron chi connectivity index (χ4n) is 2.19. The first-order valence-electron chi connectivity index (χ1n) is 7.62. The molecule has 4 nitrogen and oxygen atoms in total. The molecule has 0 radical (unpaired) electrons. The summed E-state index contributed by atoms with van der Waals surface area (Å²) in [7, 11) is 0. The Bertz CT molecular complexity index is 855. The highest BCUT2D eigenvalue weighted by molar-refractivity contribution is 7.98. The average molecular weight is 389 g/mol. The molecule has 3 rings (SSSR count). The zero-order valence-electron chi connectivity index (χ0n) is 13.5. The summed E-state index contributed by atoms with van der Waals surface area (Å²) in [5.74, 6) is -0.192. The van der Waals surface area contributed by atoms with Crippen molar-refractivity contribution in [3.8, 4) is 11.3 Å². The predicted molar refractivity (Wildman–Crippen MR) is 106 cm³/mol. The minimum Gasteiger partial charge on any atom is -0.302 e. The Morgan fingerprint density at radius 3 is 2.60 bits per heavy atom. The summed E-state index contributed by atoms with van der Waals surface area (Å²) in [6.45, 7) is 0. The zero-order chi connectivity index (χ0) is 17.6. The molecular formula is C18H16N2O2S3. The maximum atomic E-state index is 12.0. The number of aromatic nitrogens is 1. The Kier molecular flexibility index (Phi) is 6.01. The highest BCUT2D eigenvalue weighted by Gasteiger charge is 2.12. The lowest BCUT2D eigenvalue weighted by atomic mass is 10.2. The smallest absolute Gasteiger partial charge is 0.226 e. The average Bonchev–Trinajstić information content (AvgIpc) is 3.32. The van der Waals surface area contributed by atoms with Gasteiger partial charge < -0.3 is 5.32 Å². The minimum absolute atomic E-state index is 0.00105. The third-order valence-corrected chi connectivity index (χ3v) is 5.92. The number of benzene rings is 1. The number of thioether (sulfide) groups is 1. The summed E-state index contributed by atoms with van der Waals surface area (Å²) in [5, 5.41) is 7.10. The number of carbonyl (C=O) groups is 2. The molecule has 0 aliphatic heterocycles. The monoisotopic (exact) mass is 388 g/mol. The van der Waals surface area contributed by atoms with Crippen molar-refractivity contribution in [3.05, 3.63) is 52.0 Å². The standard InChI is InChI=1S/C18H16N2O2S3/c1-23-13-6-4-12(5-7-13)14-11-25-18(19-14)20-17(22)9-8-15(21)16-3-2-10-24-16/h2-7,10-11H,8-9H2,1H3,(H,19,20,22). The van der Waals surface area contributed by atoms with Gasteiger partial charge in [0.1, 0.15) is 0 Å². The summed E-state index contributed by atoms with van der Waals surface area (Å²) in [6, 6.07) is 11.8. The number of amides is 1. The molecule has 0 bridgehead atoms. The first-order valence-corrected chi connectivity index (χ1v) is 10.6. The van der Waals surface area contributed by atoms with Gasteiger partial charge >= 0.3 is 0 Å². The van der Waals surface area contributed by atoms with Gasteiger partial charge in [-0.2, -0.15) is 0 Å². The molecule has 0 saturated carbocycles.